The number of oxazole rings is 1. The van der Waals surface area contributed by atoms with Crippen LogP contribution in [0, 0.1) is 6.92 Å². The number of hydrogen-bond acceptors (Lipinski definition) is 7. The summed E-state index contributed by atoms with van der Waals surface area (Å²) in [5.41, 5.74) is 1.44. The summed E-state index contributed by atoms with van der Waals surface area (Å²) in [6.07, 6.45) is 3.06. The summed E-state index contributed by atoms with van der Waals surface area (Å²) >= 11 is 0. The van der Waals surface area contributed by atoms with E-state index in [9.17, 15) is 9.59 Å². The number of carbonyl (C=O) groups excluding carboxylic acids is 2. The lowest BCUT2D eigenvalue weighted by Gasteiger charge is -2.33. The first-order chi connectivity index (χ1) is 14.1. The minimum Gasteiger partial charge on any atom is -0.437 e. The highest BCUT2D eigenvalue weighted by molar-refractivity contribution is 5.92. The van der Waals surface area contributed by atoms with Gasteiger partial charge in [-0.05, 0) is 19.1 Å². The molecule has 0 radical (unpaired) electrons. The molecule has 0 bridgehead atoms. The molecule has 3 heterocycles. The van der Waals surface area contributed by atoms with Crippen LogP contribution in [0.25, 0.3) is 17.2 Å². The molecule has 0 spiro atoms. The molecule has 1 saturated heterocycles. The summed E-state index contributed by atoms with van der Waals surface area (Å²) in [6.45, 7) is 4.34. The monoisotopic (exact) mass is 395 g/mol. The van der Waals surface area contributed by atoms with E-state index < -0.39 is 0 Å². The fourth-order valence-electron chi connectivity index (χ4n) is 3.15. The van der Waals surface area contributed by atoms with Gasteiger partial charge in [0.2, 0.25) is 17.7 Å². The fourth-order valence-corrected chi connectivity index (χ4v) is 3.15. The maximum Gasteiger partial charge on any atom is 0.246 e. The molecule has 9 heteroatoms. The second-order valence-electron chi connectivity index (χ2n) is 6.83. The third kappa shape index (κ3) is 4.69. The molecule has 0 aliphatic carbocycles. The molecule has 29 heavy (non-hydrogen) atoms. The minimum absolute atomic E-state index is 0.102. The highest BCUT2D eigenvalue weighted by atomic mass is 16.5. The molecule has 0 saturated carbocycles. The maximum absolute atomic E-state index is 12.4. The number of aryl methyl sites for hydroxylation is 1. The summed E-state index contributed by atoms with van der Waals surface area (Å²) in [6, 6.07) is 9.12. The Morgan fingerprint density at radius 2 is 2.00 bits per heavy atom. The van der Waals surface area contributed by atoms with Gasteiger partial charge in [0, 0.05) is 44.4 Å². The molecule has 9 nitrogen and oxygen atoms in total. The van der Waals surface area contributed by atoms with E-state index in [0.29, 0.717) is 49.2 Å². The normalized spacial score (nSPS) is 15.3. The number of amides is 2. The molecule has 0 atom stereocenters. The first-order valence-corrected chi connectivity index (χ1v) is 9.35. The van der Waals surface area contributed by atoms with Crippen molar-refractivity contribution in [1.29, 1.82) is 0 Å². The van der Waals surface area contributed by atoms with E-state index in [-0.39, 0.29) is 18.4 Å². The zero-order valence-electron chi connectivity index (χ0n) is 16.0. The highest BCUT2D eigenvalue weighted by Gasteiger charge is 2.21. The van der Waals surface area contributed by atoms with Gasteiger partial charge in [-0.15, -0.1) is 0 Å². The molecular weight excluding hydrogens is 374 g/mol. The molecule has 0 unspecified atom stereocenters. The Morgan fingerprint density at radius 3 is 2.72 bits per heavy atom. The Labute approximate surface area is 166 Å². The van der Waals surface area contributed by atoms with Gasteiger partial charge >= 0.3 is 0 Å². The van der Waals surface area contributed by atoms with Gasteiger partial charge in [0.15, 0.2) is 11.4 Å². The third-order valence-electron chi connectivity index (χ3n) is 4.63. The Balaban J connectivity index is 1.25. The number of para-hydroxylation sites is 2. The summed E-state index contributed by atoms with van der Waals surface area (Å²) in [5.74, 6) is 1.19. The number of carbonyl (C=O) groups is 2. The van der Waals surface area contributed by atoms with E-state index in [1.165, 1.54) is 6.08 Å². The van der Waals surface area contributed by atoms with Gasteiger partial charge in [0.25, 0.3) is 0 Å². The summed E-state index contributed by atoms with van der Waals surface area (Å²) in [4.78, 5) is 32.6. The summed E-state index contributed by atoms with van der Waals surface area (Å²) in [5, 5.41) is 6.44. The van der Waals surface area contributed by atoms with Crippen molar-refractivity contribution in [2.24, 2.45) is 0 Å². The van der Waals surface area contributed by atoms with Crippen LogP contribution in [0.4, 0.5) is 5.82 Å². The van der Waals surface area contributed by atoms with Gasteiger partial charge in [-0.3, -0.25) is 14.5 Å². The van der Waals surface area contributed by atoms with E-state index in [1.54, 1.807) is 24.0 Å². The number of benzene rings is 1. The molecule has 1 aliphatic heterocycles. The van der Waals surface area contributed by atoms with Crippen LogP contribution in [0.1, 0.15) is 11.7 Å². The predicted molar refractivity (Wildman–Crippen MR) is 106 cm³/mol. The molecule has 2 amide bonds. The zero-order chi connectivity index (χ0) is 20.2. The topological polar surface area (TPSA) is 105 Å². The van der Waals surface area contributed by atoms with Crippen molar-refractivity contribution in [3.63, 3.8) is 0 Å². The van der Waals surface area contributed by atoms with Crippen LogP contribution in [0.15, 0.2) is 45.3 Å². The Hall–Kier alpha value is -3.46. The molecule has 1 N–H and O–H groups in total. The van der Waals surface area contributed by atoms with Crippen LogP contribution in [0.3, 0.4) is 0 Å². The molecular formula is C20H21N5O4. The number of anilines is 1. The third-order valence-corrected chi connectivity index (χ3v) is 4.63. The largest absolute Gasteiger partial charge is 0.437 e. The molecule has 1 aromatic carbocycles. The van der Waals surface area contributed by atoms with E-state index in [2.05, 4.69) is 15.5 Å². The van der Waals surface area contributed by atoms with Gasteiger partial charge in [-0.25, -0.2) is 4.98 Å². The average molecular weight is 395 g/mol. The zero-order valence-corrected chi connectivity index (χ0v) is 16.0. The smallest absolute Gasteiger partial charge is 0.246 e. The van der Waals surface area contributed by atoms with Crippen LogP contribution in [-0.4, -0.2) is 64.5 Å². The van der Waals surface area contributed by atoms with Gasteiger partial charge in [0.05, 0.1) is 6.54 Å². The lowest BCUT2D eigenvalue weighted by Crippen LogP contribution is -2.50. The van der Waals surface area contributed by atoms with Crippen molar-refractivity contribution in [1.82, 2.24) is 19.9 Å². The van der Waals surface area contributed by atoms with E-state index in [4.69, 9.17) is 8.94 Å². The van der Waals surface area contributed by atoms with Crippen molar-refractivity contribution in [3.05, 3.63) is 48.1 Å². The van der Waals surface area contributed by atoms with Crippen molar-refractivity contribution < 1.29 is 18.5 Å². The van der Waals surface area contributed by atoms with E-state index in [0.717, 1.165) is 5.52 Å². The quantitative estimate of drug-likeness (QED) is 0.658. The van der Waals surface area contributed by atoms with Crippen LogP contribution < -0.4 is 5.32 Å². The van der Waals surface area contributed by atoms with E-state index in [1.807, 2.05) is 29.2 Å². The van der Waals surface area contributed by atoms with Crippen LogP contribution in [0.5, 0.6) is 0 Å². The lowest BCUT2D eigenvalue weighted by molar-refractivity contribution is -0.127. The van der Waals surface area contributed by atoms with Crippen molar-refractivity contribution >= 4 is 34.8 Å². The average Bonchev–Trinajstić information content (AvgIpc) is 3.32. The Kier molecular flexibility index (Phi) is 5.39. The van der Waals surface area contributed by atoms with E-state index >= 15 is 0 Å². The second-order valence-corrected chi connectivity index (χ2v) is 6.83. The summed E-state index contributed by atoms with van der Waals surface area (Å²) in [7, 11) is 0. The van der Waals surface area contributed by atoms with Gasteiger partial charge in [-0.2, -0.15) is 0 Å². The SMILES string of the molecule is Cc1cc(NC(=O)CN2CCN(C(=O)/C=C/c3nc4ccccc4o3)CC2)no1. The number of nitrogens with zero attached hydrogens (tertiary/aromatic N) is 4. The lowest BCUT2D eigenvalue weighted by atomic mass is 10.3. The van der Waals surface area contributed by atoms with Gasteiger partial charge < -0.3 is 19.2 Å². The molecule has 2 aromatic heterocycles. The van der Waals surface area contributed by atoms with Crippen molar-refractivity contribution in [2.75, 3.05) is 38.0 Å². The number of hydrogen-bond donors (Lipinski definition) is 1. The highest BCUT2D eigenvalue weighted by Crippen LogP contribution is 2.15. The molecule has 1 fully saturated rings. The second kappa shape index (κ2) is 8.27. The maximum atomic E-state index is 12.4. The first-order valence-electron chi connectivity index (χ1n) is 9.35. The van der Waals surface area contributed by atoms with Crippen LogP contribution in [-0.2, 0) is 9.59 Å². The Bertz CT molecular complexity index is 1010. The number of nitrogens with one attached hydrogen (secondary N) is 1. The number of aromatic nitrogens is 2. The van der Waals surface area contributed by atoms with Crippen LogP contribution in [0.2, 0.25) is 0 Å². The van der Waals surface area contributed by atoms with Crippen molar-refractivity contribution in [2.45, 2.75) is 6.92 Å². The van der Waals surface area contributed by atoms with Gasteiger partial charge in [-0.1, -0.05) is 17.3 Å². The predicted octanol–water partition coefficient (Wildman–Crippen LogP) is 1.92. The summed E-state index contributed by atoms with van der Waals surface area (Å²) < 4.78 is 10.5. The standard InChI is InChI=1S/C20H21N5O4/c1-14-12-17(23-29-14)22-18(26)13-24-8-10-25(11-9-24)20(27)7-6-19-21-15-4-2-3-5-16(15)28-19/h2-7,12H,8-11,13H2,1H3,(H,22,23,26)/b7-6+. The Morgan fingerprint density at radius 1 is 1.21 bits per heavy atom. The number of piperazine rings is 1. The van der Waals surface area contributed by atoms with Crippen molar-refractivity contribution in [3.8, 4) is 0 Å². The minimum atomic E-state index is -0.158. The fraction of sp³-hybridized carbons (Fsp3) is 0.300. The molecule has 4 rings (SSSR count). The molecule has 1 aliphatic rings. The first kappa shape index (κ1) is 18.9. The molecule has 3 aromatic rings. The number of rotatable bonds is 5. The molecule has 150 valence electrons. The van der Waals surface area contributed by atoms with Gasteiger partial charge in [0.1, 0.15) is 11.3 Å². The number of fused-ring (bicyclic) bond motifs is 1. The van der Waals surface area contributed by atoms with Crippen LogP contribution >= 0.6 is 0 Å².